The fourth-order valence-electron chi connectivity index (χ4n) is 3.10. The Morgan fingerprint density at radius 1 is 1.39 bits per heavy atom. The minimum Gasteiger partial charge on any atom is -0.481 e. The summed E-state index contributed by atoms with van der Waals surface area (Å²) in [4.78, 5) is 10.9. The van der Waals surface area contributed by atoms with Crippen molar-refractivity contribution in [1.82, 2.24) is 4.57 Å². The summed E-state index contributed by atoms with van der Waals surface area (Å²) in [7, 11) is 0. The third-order valence-electron chi connectivity index (χ3n) is 4.05. The van der Waals surface area contributed by atoms with E-state index in [4.69, 9.17) is 5.11 Å². The molecule has 0 saturated heterocycles. The molecule has 0 unspecified atom stereocenters. The Bertz CT molecular complexity index is 652. The van der Waals surface area contributed by atoms with Crippen LogP contribution in [-0.4, -0.2) is 15.6 Å². The fourth-order valence-corrected chi connectivity index (χ4v) is 3.10. The maximum Gasteiger partial charge on any atom is 0.307 e. The van der Waals surface area contributed by atoms with Gasteiger partial charge in [-0.3, -0.25) is 4.79 Å². The van der Waals surface area contributed by atoms with Gasteiger partial charge in [-0.05, 0) is 49.4 Å². The summed E-state index contributed by atoms with van der Waals surface area (Å²) < 4.78 is 2.38. The van der Waals surface area contributed by atoms with Crippen LogP contribution in [0.1, 0.15) is 28.8 Å². The van der Waals surface area contributed by atoms with Crippen LogP contribution in [0.15, 0.2) is 12.1 Å². The highest BCUT2D eigenvalue weighted by molar-refractivity contribution is 5.90. The summed E-state index contributed by atoms with van der Waals surface area (Å²) in [5.74, 6) is -0.758. The molecule has 1 N–H and O–H groups in total. The van der Waals surface area contributed by atoms with E-state index in [1.807, 2.05) is 0 Å². The third kappa shape index (κ3) is 1.54. The van der Waals surface area contributed by atoms with Gasteiger partial charge in [0.1, 0.15) is 0 Å². The highest BCUT2D eigenvalue weighted by Gasteiger charge is 2.19. The molecule has 0 amide bonds. The highest BCUT2D eigenvalue weighted by atomic mass is 16.4. The molecule has 0 bridgehead atoms. The van der Waals surface area contributed by atoms with Crippen molar-refractivity contribution in [3.63, 3.8) is 0 Å². The van der Waals surface area contributed by atoms with Crippen LogP contribution in [0.2, 0.25) is 0 Å². The standard InChI is InChI=1S/C15H17NO2/c1-9-10(2)16-5-3-4-12-6-11(8-14(17)18)7-13(9)15(12)16/h6-7H,3-5,8H2,1-2H3,(H,17,18). The Morgan fingerprint density at radius 3 is 2.89 bits per heavy atom. The lowest BCUT2D eigenvalue weighted by Gasteiger charge is -2.17. The average Bonchev–Trinajstić information content (AvgIpc) is 2.56. The van der Waals surface area contributed by atoms with Crippen LogP contribution >= 0.6 is 0 Å². The molecule has 2 aromatic rings. The molecular formula is C15H17NO2. The maximum absolute atomic E-state index is 10.9. The zero-order chi connectivity index (χ0) is 12.9. The third-order valence-corrected chi connectivity index (χ3v) is 4.05. The van der Waals surface area contributed by atoms with E-state index in [0.29, 0.717) is 0 Å². The van der Waals surface area contributed by atoms with Gasteiger partial charge in [-0.2, -0.15) is 0 Å². The molecule has 18 heavy (non-hydrogen) atoms. The molecule has 1 aliphatic heterocycles. The quantitative estimate of drug-likeness (QED) is 0.881. The normalized spacial score (nSPS) is 14.1. The molecule has 0 atom stereocenters. The first-order valence-electron chi connectivity index (χ1n) is 6.41. The smallest absolute Gasteiger partial charge is 0.307 e. The number of carbonyl (C=O) groups is 1. The molecule has 0 spiro atoms. The predicted octanol–water partition coefficient (Wildman–Crippen LogP) is 2.83. The zero-order valence-electron chi connectivity index (χ0n) is 10.8. The SMILES string of the molecule is Cc1c(C)n2c3c(cc(CC(=O)O)cc13)CCC2. The lowest BCUT2D eigenvalue weighted by atomic mass is 9.98. The molecule has 3 heteroatoms. The number of rotatable bonds is 2. The Hall–Kier alpha value is -1.77. The first-order valence-corrected chi connectivity index (χ1v) is 6.41. The van der Waals surface area contributed by atoms with Gasteiger partial charge in [0, 0.05) is 17.6 Å². The molecule has 3 rings (SSSR count). The average molecular weight is 243 g/mol. The van der Waals surface area contributed by atoms with Crippen LogP contribution in [0.25, 0.3) is 10.9 Å². The van der Waals surface area contributed by atoms with Crippen LogP contribution < -0.4 is 0 Å². The number of nitrogens with zero attached hydrogens (tertiary/aromatic N) is 1. The molecule has 1 aromatic heterocycles. The maximum atomic E-state index is 10.9. The van der Waals surface area contributed by atoms with Crippen LogP contribution in [-0.2, 0) is 24.2 Å². The zero-order valence-corrected chi connectivity index (χ0v) is 10.8. The van der Waals surface area contributed by atoms with E-state index >= 15 is 0 Å². The van der Waals surface area contributed by atoms with E-state index < -0.39 is 5.97 Å². The van der Waals surface area contributed by atoms with Gasteiger partial charge in [0.05, 0.1) is 11.9 Å². The van der Waals surface area contributed by atoms with E-state index in [0.717, 1.165) is 24.9 Å². The van der Waals surface area contributed by atoms with Crippen molar-refractivity contribution >= 4 is 16.9 Å². The van der Waals surface area contributed by atoms with E-state index in [1.54, 1.807) is 0 Å². The van der Waals surface area contributed by atoms with E-state index in [-0.39, 0.29) is 6.42 Å². The Balaban J connectivity index is 2.29. The molecule has 0 saturated carbocycles. The molecule has 94 valence electrons. The number of hydrogen-bond acceptors (Lipinski definition) is 1. The number of carboxylic acids is 1. The van der Waals surface area contributed by atoms with Crippen LogP contribution in [0.4, 0.5) is 0 Å². The van der Waals surface area contributed by atoms with E-state index in [1.165, 1.54) is 27.7 Å². The molecule has 1 aliphatic rings. The minimum absolute atomic E-state index is 0.118. The topological polar surface area (TPSA) is 42.2 Å². The van der Waals surface area contributed by atoms with Gasteiger partial charge < -0.3 is 9.67 Å². The van der Waals surface area contributed by atoms with Crippen LogP contribution in [0.5, 0.6) is 0 Å². The second kappa shape index (κ2) is 3.87. The lowest BCUT2D eigenvalue weighted by molar-refractivity contribution is -0.136. The van der Waals surface area contributed by atoms with Gasteiger partial charge in [-0.15, -0.1) is 0 Å². The minimum atomic E-state index is -0.758. The predicted molar refractivity (Wildman–Crippen MR) is 71.1 cm³/mol. The molecule has 0 fully saturated rings. The van der Waals surface area contributed by atoms with Crippen molar-refractivity contribution in [3.8, 4) is 0 Å². The largest absolute Gasteiger partial charge is 0.481 e. The summed E-state index contributed by atoms with van der Waals surface area (Å²) in [6.45, 7) is 5.37. The number of benzene rings is 1. The molecule has 1 aromatic carbocycles. The first kappa shape index (κ1) is 11.3. The molecule has 3 nitrogen and oxygen atoms in total. The van der Waals surface area contributed by atoms with Crippen molar-refractivity contribution in [2.24, 2.45) is 0 Å². The Labute approximate surface area is 106 Å². The van der Waals surface area contributed by atoms with Crippen molar-refractivity contribution in [2.45, 2.75) is 39.7 Å². The van der Waals surface area contributed by atoms with Crippen molar-refractivity contribution in [2.75, 3.05) is 0 Å². The number of aliphatic carboxylic acids is 1. The first-order chi connectivity index (χ1) is 8.58. The van der Waals surface area contributed by atoms with Gasteiger partial charge >= 0.3 is 5.97 Å². The van der Waals surface area contributed by atoms with Gasteiger partial charge in [0.25, 0.3) is 0 Å². The monoisotopic (exact) mass is 243 g/mol. The summed E-state index contributed by atoms with van der Waals surface area (Å²) in [6.07, 6.45) is 2.33. The van der Waals surface area contributed by atoms with Crippen molar-refractivity contribution < 1.29 is 9.90 Å². The lowest BCUT2D eigenvalue weighted by Crippen LogP contribution is -2.09. The van der Waals surface area contributed by atoms with Gasteiger partial charge in [-0.25, -0.2) is 0 Å². The Morgan fingerprint density at radius 2 is 2.17 bits per heavy atom. The second-order valence-electron chi connectivity index (χ2n) is 5.19. The van der Waals surface area contributed by atoms with Crippen LogP contribution in [0, 0.1) is 13.8 Å². The van der Waals surface area contributed by atoms with Crippen LogP contribution in [0.3, 0.4) is 0 Å². The van der Waals surface area contributed by atoms with Crippen molar-refractivity contribution in [3.05, 3.63) is 34.5 Å². The number of carboxylic acid groups (broad SMARTS) is 1. The highest BCUT2D eigenvalue weighted by Crippen LogP contribution is 2.33. The molecular weight excluding hydrogens is 226 g/mol. The summed E-state index contributed by atoms with van der Waals surface area (Å²) in [5.41, 5.74) is 6.17. The molecule has 0 radical (unpaired) electrons. The van der Waals surface area contributed by atoms with Gasteiger partial charge in [0.15, 0.2) is 0 Å². The number of aryl methyl sites for hydroxylation is 3. The van der Waals surface area contributed by atoms with Gasteiger partial charge in [0.2, 0.25) is 0 Å². The fraction of sp³-hybridized carbons (Fsp3) is 0.400. The Kier molecular flexibility index (Phi) is 2.44. The van der Waals surface area contributed by atoms with E-state index in [2.05, 4.69) is 30.5 Å². The number of hydrogen-bond donors (Lipinski definition) is 1. The molecule has 2 heterocycles. The summed E-state index contributed by atoms with van der Waals surface area (Å²) in [5, 5.41) is 10.2. The summed E-state index contributed by atoms with van der Waals surface area (Å²) in [6, 6.07) is 4.13. The van der Waals surface area contributed by atoms with E-state index in [9.17, 15) is 4.79 Å². The van der Waals surface area contributed by atoms with Gasteiger partial charge in [-0.1, -0.05) is 6.07 Å². The number of aromatic nitrogens is 1. The molecule has 0 aliphatic carbocycles. The summed E-state index contributed by atoms with van der Waals surface area (Å²) >= 11 is 0. The van der Waals surface area contributed by atoms with Crippen molar-refractivity contribution in [1.29, 1.82) is 0 Å². The second-order valence-corrected chi connectivity index (χ2v) is 5.19.